The van der Waals surface area contributed by atoms with Gasteiger partial charge in [0, 0.05) is 5.69 Å². The Morgan fingerprint density at radius 3 is 2.75 bits per heavy atom. The van der Waals surface area contributed by atoms with Crippen LogP contribution in [0.2, 0.25) is 0 Å². The lowest BCUT2D eigenvalue weighted by Gasteiger charge is -2.06. The fourth-order valence-electron chi connectivity index (χ4n) is 1.67. The maximum atomic E-state index is 5.29. The second-order valence-corrected chi connectivity index (χ2v) is 3.96. The molecule has 2 rings (SSSR count). The van der Waals surface area contributed by atoms with Crippen LogP contribution in [0.15, 0.2) is 29.3 Å². The van der Waals surface area contributed by atoms with Gasteiger partial charge >= 0.3 is 0 Å². The van der Waals surface area contributed by atoms with E-state index in [-0.39, 0.29) is 0 Å². The lowest BCUT2D eigenvalue weighted by Crippen LogP contribution is -2.11. The smallest absolute Gasteiger partial charge is 0.289 e. The monoisotopic (exact) mass is 218 g/mol. The third kappa shape index (κ3) is 2.99. The molecule has 86 valence electrons. The van der Waals surface area contributed by atoms with Crippen molar-refractivity contribution in [2.45, 2.75) is 26.2 Å². The van der Waals surface area contributed by atoms with Crippen LogP contribution in [0.25, 0.3) is 0 Å². The molecule has 0 fully saturated rings. The molecule has 3 nitrogen and oxygen atoms in total. The molecule has 0 atom stereocenters. The second-order valence-electron chi connectivity index (χ2n) is 3.96. The third-order valence-electron chi connectivity index (χ3n) is 2.61. The molecule has 0 aliphatic carbocycles. The normalized spacial score (nSPS) is 14.4. The van der Waals surface area contributed by atoms with Crippen molar-refractivity contribution >= 4 is 11.7 Å². The summed E-state index contributed by atoms with van der Waals surface area (Å²) in [5, 5.41) is 3.15. The molecule has 1 heterocycles. The number of anilines is 1. The summed E-state index contributed by atoms with van der Waals surface area (Å²) in [6.07, 6.45) is 3.65. The van der Waals surface area contributed by atoms with Crippen molar-refractivity contribution in [3.8, 4) is 0 Å². The molecule has 1 aromatic rings. The van der Waals surface area contributed by atoms with Crippen molar-refractivity contribution in [1.29, 1.82) is 0 Å². The van der Waals surface area contributed by atoms with Gasteiger partial charge in [0.2, 0.25) is 0 Å². The van der Waals surface area contributed by atoms with Crippen LogP contribution in [-0.2, 0) is 11.2 Å². The Labute approximate surface area is 96.5 Å². The minimum absolute atomic E-state index is 0.640. The van der Waals surface area contributed by atoms with Gasteiger partial charge in [0.1, 0.15) is 6.61 Å². The molecule has 0 unspecified atom stereocenters. The first-order chi connectivity index (χ1) is 7.88. The minimum atomic E-state index is 0.640. The predicted molar refractivity (Wildman–Crippen MR) is 66.9 cm³/mol. The van der Waals surface area contributed by atoms with Crippen molar-refractivity contribution in [3.63, 3.8) is 0 Å². The molecule has 3 heteroatoms. The Bertz CT molecular complexity index is 357. The van der Waals surface area contributed by atoms with Gasteiger partial charge in [0.05, 0.1) is 6.54 Å². The zero-order chi connectivity index (χ0) is 11.2. The highest BCUT2D eigenvalue weighted by molar-refractivity contribution is 5.89. The number of hydrogen-bond acceptors (Lipinski definition) is 3. The van der Waals surface area contributed by atoms with Crippen molar-refractivity contribution in [3.05, 3.63) is 29.8 Å². The zero-order valence-corrected chi connectivity index (χ0v) is 9.70. The molecule has 1 aliphatic heterocycles. The van der Waals surface area contributed by atoms with Crippen molar-refractivity contribution in [1.82, 2.24) is 0 Å². The summed E-state index contributed by atoms with van der Waals surface area (Å²) in [5.74, 6) is 0. The molecule has 1 N–H and O–H groups in total. The van der Waals surface area contributed by atoms with Crippen LogP contribution in [0.5, 0.6) is 0 Å². The van der Waals surface area contributed by atoms with Crippen LogP contribution in [0.3, 0.4) is 0 Å². The Kier molecular flexibility index (Phi) is 3.81. The quantitative estimate of drug-likeness (QED) is 0.843. The number of ether oxygens (including phenoxy) is 1. The number of hydrogen-bond donors (Lipinski definition) is 1. The molecule has 1 aromatic carbocycles. The average Bonchev–Trinajstić information content (AvgIpc) is 2.81. The Morgan fingerprint density at radius 2 is 2.12 bits per heavy atom. The average molecular weight is 218 g/mol. The number of benzene rings is 1. The van der Waals surface area contributed by atoms with Crippen LogP contribution in [0, 0.1) is 0 Å². The van der Waals surface area contributed by atoms with Gasteiger partial charge in [-0.05, 0) is 30.5 Å². The Morgan fingerprint density at radius 1 is 1.31 bits per heavy atom. The third-order valence-corrected chi connectivity index (χ3v) is 2.61. The highest BCUT2D eigenvalue weighted by atomic mass is 16.5. The number of rotatable bonds is 4. The predicted octanol–water partition coefficient (Wildman–Crippen LogP) is 2.83. The number of aliphatic imine (C=N–C) groups is 1. The van der Waals surface area contributed by atoms with E-state index < -0.39 is 0 Å². The van der Waals surface area contributed by atoms with E-state index in [0.29, 0.717) is 12.6 Å². The van der Waals surface area contributed by atoms with Gasteiger partial charge in [0.15, 0.2) is 0 Å². The van der Waals surface area contributed by atoms with Gasteiger partial charge in [-0.3, -0.25) is 0 Å². The number of nitrogens with one attached hydrogen (secondary N) is 1. The van der Waals surface area contributed by atoms with Crippen LogP contribution in [-0.4, -0.2) is 19.2 Å². The topological polar surface area (TPSA) is 33.6 Å². The van der Waals surface area contributed by atoms with Crippen LogP contribution in [0.1, 0.15) is 25.3 Å². The zero-order valence-electron chi connectivity index (χ0n) is 9.70. The fraction of sp³-hybridized carbons (Fsp3) is 0.462. The van der Waals surface area contributed by atoms with Gasteiger partial charge in [-0.25, -0.2) is 4.99 Å². The molecular weight excluding hydrogens is 200 g/mol. The highest BCUT2D eigenvalue weighted by Crippen LogP contribution is 2.12. The molecule has 0 aromatic heterocycles. The first-order valence-electron chi connectivity index (χ1n) is 5.91. The molecule has 0 saturated carbocycles. The molecule has 16 heavy (non-hydrogen) atoms. The summed E-state index contributed by atoms with van der Waals surface area (Å²) in [7, 11) is 0. The van der Waals surface area contributed by atoms with E-state index in [4.69, 9.17) is 4.74 Å². The Hall–Kier alpha value is -1.51. The van der Waals surface area contributed by atoms with E-state index in [9.17, 15) is 0 Å². The van der Waals surface area contributed by atoms with Crippen molar-refractivity contribution in [2.75, 3.05) is 18.5 Å². The van der Waals surface area contributed by atoms with E-state index in [1.165, 1.54) is 18.4 Å². The lowest BCUT2D eigenvalue weighted by atomic mass is 10.1. The van der Waals surface area contributed by atoms with E-state index in [0.717, 1.165) is 18.7 Å². The van der Waals surface area contributed by atoms with E-state index in [2.05, 4.69) is 41.5 Å². The number of unbranched alkanes of at least 4 members (excludes halogenated alkanes) is 1. The fourth-order valence-corrected chi connectivity index (χ4v) is 1.67. The van der Waals surface area contributed by atoms with Crippen LogP contribution in [0.4, 0.5) is 5.69 Å². The van der Waals surface area contributed by atoms with Crippen LogP contribution >= 0.6 is 0 Å². The summed E-state index contributed by atoms with van der Waals surface area (Å²) in [6.45, 7) is 3.67. The standard InChI is InChI=1S/C13H18N2O/c1-2-3-4-11-5-7-12(8-6-11)15-13-14-9-10-16-13/h5-8H,2-4,9-10H2,1H3,(H,14,15). The lowest BCUT2D eigenvalue weighted by molar-refractivity contribution is 0.346. The molecule has 0 amide bonds. The van der Waals surface area contributed by atoms with Crippen LogP contribution < -0.4 is 5.32 Å². The maximum Gasteiger partial charge on any atom is 0.289 e. The van der Waals surface area contributed by atoms with Crippen molar-refractivity contribution < 1.29 is 4.74 Å². The molecule has 0 radical (unpaired) electrons. The minimum Gasteiger partial charge on any atom is -0.463 e. The largest absolute Gasteiger partial charge is 0.463 e. The molecule has 0 bridgehead atoms. The van der Waals surface area contributed by atoms with E-state index in [1.807, 2.05) is 0 Å². The van der Waals surface area contributed by atoms with Gasteiger partial charge in [-0.15, -0.1) is 0 Å². The number of aryl methyl sites for hydroxylation is 1. The van der Waals surface area contributed by atoms with E-state index in [1.54, 1.807) is 0 Å². The molecule has 1 aliphatic rings. The SMILES string of the molecule is CCCCc1ccc(NC2=NCCO2)cc1. The number of nitrogens with zero attached hydrogens (tertiary/aromatic N) is 1. The summed E-state index contributed by atoms with van der Waals surface area (Å²) >= 11 is 0. The molecular formula is C13H18N2O. The van der Waals surface area contributed by atoms with Gasteiger partial charge in [0.25, 0.3) is 6.02 Å². The first-order valence-corrected chi connectivity index (χ1v) is 5.91. The molecule has 0 spiro atoms. The van der Waals surface area contributed by atoms with Crippen molar-refractivity contribution in [2.24, 2.45) is 4.99 Å². The summed E-state index contributed by atoms with van der Waals surface area (Å²) in [5.41, 5.74) is 2.43. The van der Waals surface area contributed by atoms with Gasteiger partial charge in [-0.1, -0.05) is 25.5 Å². The summed E-state index contributed by atoms with van der Waals surface area (Å²) in [4.78, 5) is 4.19. The Balaban J connectivity index is 1.91. The first kappa shape index (κ1) is 11.0. The second kappa shape index (κ2) is 5.54. The van der Waals surface area contributed by atoms with E-state index >= 15 is 0 Å². The highest BCUT2D eigenvalue weighted by Gasteiger charge is 2.06. The molecule has 0 saturated heterocycles. The van der Waals surface area contributed by atoms with Gasteiger partial charge in [-0.2, -0.15) is 0 Å². The van der Waals surface area contributed by atoms with Gasteiger partial charge < -0.3 is 10.1 Å². The summed E-state index contributed by atoms with van der Waals surface area (Å²) in [6, 6.07) is 9.12. The summed E-state index contributed by atoms with van der Waals surface area (Å²) < 4.78 is 5.29. The number of amidine groups is 1. The maximum absolute atomic E-state index is 5.29.